The summed E-state index contributed by atoms with van der Waals surface area (Å²) in [6, 6.07) is 7.38. The first-order valence-corrected chi connectivity index (χ1v) is 7.18. The highest BCUT2D eigenvalue weighted by Crippen LogP contribution is 2.45. The van der Waals surface area contributed by atoms with E-state index in [2.05, 4.69) is 10.6 Å². The highest BCUT2D eigenvalue weighted by atomic mass is 32.1. The summed E-state index contributed by atoms with van der Waals surface area (Å²) in [5.74, 6) is -1.31. The maximum atomic E-state index is 13.5. The number of hydrogen-bond donors (Lipinski definition) is 3. The lowest BCUT2D eigenvalue weighted by atomic mass is 10.1. The lowest BCUT2D eigenvalue weighted by molar-refractivity contribution is 0.439. The molecule has 0 saturated heterocycles. The Morgan fingerprint density at radius 3 is 2.81 bits per heavy atom. The Bertz CT molecular complexity index is 876. The number of phenolic OH excluding ortho intramolecular Hbond substituents is 1. The summed E-state index contributed by atoms with van der Waals surface area (Å²) >= 11 is 1.26. The zero-order chi connectivity index (χ0) is 14.6. The normalized spacial score (nSPS) is 13.0. The van der Waals surface area contributed by atoms with Crippen LogP contribution in [0.3, 0.4) is 0 Å². The Morgan fingerprint density at radius 2 is 1.95 bits per heavy atom. The Kier molecular flexibility index (Phi) is 2.56. The van der Waals surface area contributed by atoms with Gasteiger partial charge in [0.15, 0.2) is 11.6 Å². The molecular formula is C15H10F2N2OS. The molecule has 0 saturated carbocycles. The molecule has 0 amide bonds. The van der Waals surface area contributed by atoms with Crippen molar-refractivity contribution in [2.45, 2.75) is 6.54 Å². The van der Waals surface area contributed by atoms with Crippen LogP contribution in [0.2, 0.25) is 0 Å². The first kappa shape index (κ1) is 12.4. The molecule has 3 N–H and O–H groups in total. The number of benzene rings is 2. The van der Waals surface area contributed by atoms with E-state index >= 15 is 0 Å². The van der Waals surface area contributed by atoms with Crippen LogP contribution in [0.25, 0.3) is 10.1 Å². The highest BCUT2D eigenvalue weighted by Gasteiger charge is 2.20. The van der Waals surface area contributed by atoms with Crippen molar-refractivity contribution in [2.75, 3.05) is 10.6 Å². The van der Waals surface area contributed by atoms with Crippen LogP contribution in [-0.4, -0.2) is 5.11 Å². The van der Waals surface area contributed by atoms with Crippen molar-refractivity contribution in [2.24, 2.45) is 0 Å². The van der Waals surface area contributed by atoms with Gasteiger partial charge in [-0.15, -0.1) is 11.3 Å². The van der Waals surface area contributed by atoms with E-state index in [0.717, 1.165) is 21.6 Å². The van der Waals surface area contributed by atoms with E-state index in [1.54, 1.807) is 12.1 Å². The minimum Gasteiger partial charge on any atom is -0.504 e. The molecule has 1 aromatic heterocycles. The van der Waals surface area contributed by atoms with E-state index < -0.39 is 5.82 Å². The van der Waals surface area contributed by atoms with Crippen LogP contribution in [-0.2, 0) is 6.54 Å². The number of thiophene rings is 1. The molecule has 0 aliphatic carbocycles. The Labute approximate surface area is 122 Å². The predicted octanol–water partition coefficient (Wildman–Crippen LogP) is 4.55. The lowest BCUT2D eigenvalue weighted by Crippen LogP contribution is -1.97. The summed E-state index contributed by atoms with van der Waals surface area (Å²) < 4.78 is 27.3. The smallest absolute Gasteiger partial charge is 0.169 e. The average molecular weight is 304 g/mol. The molecule has 0 unspecified atom stereocenters. The largest absolute Gasteiger partial charge is 0.504 e. The van der Waals surface area contributed by atoms with E-state index in [0.29, 0.717) is 16.9 Å². The summed E-state index contributed by atoms with van der Waals surface area (Å²) in [5, 5.41) is 17.8. The molecule has 0 fully saturated rings. The van der Waals surface area contributed by atoms with Gasteiger partial charge in [-0.1, -0.05) is 0 Å². The van der Waals surface area contributed by atoms with Gasteiger partial charge in [0.05, 0.1) is 21.1 Å². The molecule has 2 heterocycles. The molecule has 0 bridgehead atoms. The van der Waals surface area contributed by atoms with Crippen molar-refractivity contribution >= 4 is 37.8 Å². The first-order chi connectivity index (χ1) is 10.1. The molecule has 3 aromatic rings. The van der Waals surface area contributed by atoms with Crippen LogP contribution in [0.4, 0.5) is 25.2 Å². The predicted molar refractivity (Wildman–Crippen MR) is 80.5 cm³/mol. The topological polar surface area (TPSA) is 44.3 Å². The molecule has 21 heavy (non-hydrogen) atoms. The van der Waals surface area contributed by atoms with Crippen molar-refractivity contribution in [1.29, 1.82) is 0 Å². The maximum absolute atomic E-state index is 13.5. The molecular weight excluding hydrogens is 294 g/mol. The minimum absolute atomic E-state index is 0.332. The van der Waals surface area contributed by atoms with Gasteiger partial charge < -0.3 is 15.7 Å². The van der Waals surface area contributed by atoms with E-state index in [1.165, 1.54) is 29.5 Å². The van der Waals surface area contributed by atoms with Gasteiger partial charge in [0.2, 0.25) is 0 Å². The number of rotatable bonds is 0. The third-order valence-electron chi connectivity index (χ3n) is 3.57. The van der Waals surface area contributed by atoms with Crippen LogP contribution in [0.5, 0.6) is 5.75 Å². The zero-order valence-electron chi connectivity index (χ0n) is 10.7. The van der Waals surface area contributed by atoms with Gasteiger partial charge in [-0.2, -0.15) is 0 Å². The lowest BCUT2D eigenvalue weighted by Gasteiger charge is -2.08. The van der Waals surface area contributed by atoms with Crippen molar-refractivity contribution < 1.29 is 13.9 Å². The molecule has 1 aliphatic heterocycles. The molecule has 3 nitrogen and oxygen atoms in total. The second-order valence-corrected chi connectivity index (χ2v) is 5.87. The molecule has 1 aliphatic rings. The monoisotopic (exact) mass is 304 g/mol. The summed E-state index contributed by atoms with van der Waals surface area (Å²) in [5.41, 5.74) is 2.36. The van der Waals surface area contributed by atoms with Gasteiger partial charge in [0.1, 0.15) is 5.82 Å². The van der Waals surface area contributed by atoms with Gasteiger partial charge in [-0.05, 0) is 30.3 Å². The van der Waals surface area contributed by atoms with Crippen LogP contribution in [0.15, 0.2) is 30.3 Å². The molecule has 2 aromatic carbocycles. The quantitative estimate of drug-likeness (QED) is 0.570. The van der Waals surface area contributed by atoms with Gasteiger partial charge in [-0.3, -0.25) is 0 Å². The minimum atomic E-state index is -0.640. The fourth-order valence-corrected chi connectivity index (χ4v) is 3.70. The summed E-state index contributed by atoms with van der Waals surface area (Å²) in [6.07, 6.45) is 0. The van der Waals surface area contributed by atoms with Gasteiger partial charge in [0.25, 0.3) is 0 Å². The second-order valence-electron chi connectivity index (χ2n) is 4.85. The van der Waals surface area contributed by atoms with Crippen molar-refractivity contribution in [3.63, 3.8) is 0 Å². The number of nitrogens with one attached hydrogen (secondary N) is 2. The Morgan fingerprint density at radius 1 is 1.10 bits per heavy atom. The van der Waals surface area contributed by atoms with Crippen LogP contribution < -0.4 is 10.6 Å². The van der Waals surface area contributed by atoms with E-state index in [1.807, 2.05) is 0 Å². The number of hydrogen-bond acceptors (Lipinski definition) is 4. The molecule has 4 rings (SSSR count). The molecule has 0 spiro atoms. The molecule has 0 radical (unpaired) electrons. The third kappa shape index (κ3) is 1.83. The second kappa shape index (κ2) is 4.33. The number of fused-ring (bicyclic) bond motifs is 4. The summed E-state index contributed by atoms with van der Waals surface area (Å²) in [6.45, 7) is 0.520. The maximum Gasteiger partial charge on any atom is 0.169 e. The standard InChI is InChI=1S/C15H10F2N2OS/c16-7-1-4-11-12(5-7)19-15-9(6-18-11)8-2-3-10(17)13(20)14(8)21-15/h1-5,18-20H,6H2. The number of halogens is 2. The van der Waals surface area contributed by atoms with E-state index in [-0.39, 0.29) is 11.6 Å². The van der Waals surface area contributed by atoms with Crippen LogP contribution >= 0.6 is 11.3 Å². The van der Waals surface area contributed by atoms with Crippen LogP contribution in [0.1, 0.15) is 5.56 Å². The number of aromatic hydroxyl groups is 1. The van der Waals surface area contributed by atoms with Crippen LogP contribution in [0, 0.1) is 11.6 Å². The zero-order valence-corrected chi connectivity index (χ0v) is 11.5. The number of anilines is 3. The van der Waals surface area contributed by atoms with E-state index in [4.69, 9.17) is 0 Å². The van der Waals surface area contributed by atoms with Gasteiger partial charge in [-0.25, -0.2) is 8.78 Å². The first-order valence-electron chi connectivity index (χ1n) is 6.37. The summed E-state index contributed by atoms with van der Waals surface area (Å²) in [4.78, 5) is 0. The third-order valence-corrected chi connectivity index (χ3v) is 4.74. The molecule has 106 valence electrons. The fourth-order valence-electron chi connectivity index (χ4n) is 2.53. The Balaban J connectivity index is 1.92. The highest BCUT2D eigenvalue weighted by molar-refractivity contribution is 7.23. The Hall–Kier alpha value is -2.34. The van der Waals surface area contributed by atoms with E-state index in [9.17, 15) is 13.9 Å². The van der Waals surface area contributed by atoms with Gasteiger partial charge in [0, 0.05) is 17.5 Å². The molecule has 0 atom stereocenters. The molecule has 6 heteroatoms. The SMILES string of the molecule is Oc1c(F)ccc2c3c(sc12)Nc1cc(F)ccc1NC3. The van der Waals surface area contributed by atoms with Crippen molar-refractivity contribution in [1.82, 2.24) is 0 Å². The van der Waals surface area contributed by atoms with Crippen molar-refractivity contribution in [3.05, 3.63) is 47.5 Å². The average Bonchev–Trinajstić information content (AvgIpc) is 2.71. The van der Waals surface area contributed by atoms with Crippen molar-refractivity contribution in [3.8, 4) is 5.75 Å². The van der Waals surface area contributed by atoms with Gasteiger partial charge >= 0.3 is 0 Å². The summed E-state index contributed by atoms with van der Waals surface area (Å²) in [7, 11) is 0. The fraction of sp³-hybridized carbons (Fsp3) is 0.0667. The number of phenols is 1.